The summed E-state index contributed by atoms with van der Waals surface area (Å²) in [4.78, 5) is 11.5. The molecule has 0 aromatic rings. The van der Waals surface area contributed by atoms with Crippen LogP contribution < -0.4 is 0 Å². The number of ether oxygens (including phenoxy) is 1. The summed E-state index contributed by atoms with van der Waals surface area (Å²) in [6, 6.07) is 0. The van der Waals surface area contributed by atoms with Crippen LogP contribution in [0.1, 0.15) is 122 Å². The molecule has 2 nitrogen and oxygen atoms in total. The quantitative estimate of drug-likeness (QED) is 0.280. The van der Waals surface area contributed by atoms with Crippen molar-refractivity contribution >= 4 is 5.97 Å². The second-order valence-electron chi connectivity index (χ2n) is 13.4. The van der Waals surface area contributed by atoms with Gasteiger partial charge < -0.3 is 4.74 Å². The van der Waals surface area contributed by atoms with Crippen LogP contribution in [0.25, 0.3) is 0 Å². The maximum atomic E-state index is 11.5. The van der Waals surface area contributed by atoms with Crippen LogP contribution in [-0.4, -0.2) is 12.1 Å². The van der Waals surface area contributed by atoms with Gasteiger partial charge in [-0.3, -0.25) is 4.79 Å². The van der Waals surface area contributed by atoms with E-state index in [4.69, 9.17) is 4.74 Å². The predicted octanol–water partition coefficient (Wildman–Crippen LogP) is 9.09. The Hall–Kier alpha value is -0.790. The van der Waals surface area contributed by atoms with E-state index in [1.807, 2.05) is 0 Å². The van der Waals surface area contributed by atoms with Crippen LogP contribution >= 0.6 is 0 Å². The molecule has 0 spiro atoms. The monoisotopic (exact) mass is 460 g/mol. The van der Waals surface area contributed by atoms with Crippen LogP contribution in [0.2, 0.25) is 0 Å². The van der Waals surface area contributed by atoms with Gasteiger partial charge in [-0.1, -0.05) is 66.0 Å². The normalized spacial score (nSPS) is 42.1. The van der Waals surface area contributed by atoms with E-state index in [1.54, 1.807) is 12.5 Å². The first-order valence-corrected chi connectivity index (χ1v) is 14.5. The molecule has 0 radical (unpaired) electrons. The van der Waals surface area contributed by atoms with Crippen molar-refractivity contribution in [3.63, 3.8) is 0 Å². The molecule has 2 heteroatoms. The standard InChI is InChI=1S/C31H52O2.2H2/c1-8-23(20(2)3)10-9-21(4)27-13-14-28-26-12-11-24-19-25(33-22(5)32)15-17-30(24,6)29(26)16-18-31(27,28)7;;/h11,20-21,23,25-29H,8-10,12-19H2,1-7H3;2*1H/t21-,23-,25+,26+,27-,28?,29?,30+,31-;;/m1../s1. The Balaban J connectivity index is 0.00000216. The molecule has 0 heterocycles. The van der Waals surface area contributed by atoms with Crippen LogP contribution in [0, 0.1) is 52.3 Å². The van der Waals surface area contributed by atoms with Gasteiger partial charge in [0, 0.05) is 16.2 Å². The van der Waals surface area contributed by atoms with E-state index in [9.17, 15) is 4.79 Å². The minimum Gasteiger partial charge on any atom is -0.462 e. The Labute approximate surface area is 207 Å². The summed E-state index contributed by atoms with van der Waals surface area (Å²) in [7, 11) is 0. The van der Waals surface area contributed by atoms with Crippen molar-refractivity contribution in [2.75, 3.05) is 0 Å². The maximum absolute atomic E-state index is 11.5. The first kappa shape index (κ1) is 25.3. The fourth-order valence-corrected chi connectivity index (χ4v) is 9.63. The lowest BCUT2D eigenvalue weighted by atomic mass is 9.47. The highest BCUT2D eigenvalue weighted by atomic mass is 16.5. The number of allylic oxidation sites excluding steroid dienone is 1. The zero-order chi connectivity index (χ0) is 24.0. The summed E-state index contributed by atoms with van der Waals surface area (Å²) in [6.07, 6.45) is 17.2. The van der Waals surface area contributed by atoms with E-state index in [2.05, 4.69) is 47.6 Å². The Morgan fingerprint density at radius 1 is 1.09 bits per heavy atom. The summed E-state index contributed by atoms with van der Waals surface area (Å²) < 4.78 is 5.63. The number of esters is 1. The molecule has 4 aliphatic carbocycles. The van der Waals surface area contributed by atoms with E-state index < -0.39 is 0 Å². The molecule has 4 aliphatic rings. The van der Waals surface area contributed by atoms with E-state index in [1.165, 1.54) is 57.8 Å². The number of hydrogen-bond acceptors (Lipinski definition) is 2. The molecule has 0 aromatic carbocycles. The van der Waals surface area contributed by atoms with E-state index in [0.717, 1.165) is 54.3 Å². The molecule has 2 unspecified atom stereocenters. The summed E-state index contributed by atoms with van der Waals surface area (Å²) in [6.45, 7) is 16.6. The van der Waals surface area contributed by atoms with Gasteiger partial charge in [-0.25, -0.2) is 0 Å². The van der Waals surface area contributed by atoms with E-state index in [-0.39, 0.29) is 14.9 Å². The van der Waals surface area contributed by atoms with E-state index in [0.29, 0.717) is 10.8 Å². The Bertz CT molecular complexity index is 748. The molecule has 33 heavy (non-hydrogen) atoms. The molecule has 0 saturated heterocycles. The molecule has 0 N–H and O–H groups in total. The van der Waals surface area contributed by atoms with Crippen LogP contribution in [0.3, 0.4) is 0 Å². The second-order valence-corrected chi connectivity index (χ2v) is 13.4. The zero-order valence-corrected chi connectivity index (χ0v) is 22.8. The smallest absolute Gasteiger partial charge is 0.302 e. The topological polar surface area (TPSA) is 26.3 Å². The van der Waals surface area contributed by atoms with Crippen molar-refractivity contribution in [3.05, 3.63) is 11.6 Å². The predicted molar refractivity (Wildman–Crippen MR) is 142 cm³/mol. The van der Waals surface area contributed by atoms with Gasteiger partial charge in [0.25, 0.3) is 0 Å². The summed E-state index contributed by atoms with van der Waals surface area (Å²) in [5, 5.41) is 0. The molecule has 4 rings (SSSR count). The molecule has 3 saturated carbocycles. The van der Waals surface area contributed by atoms with Gasteiger partial charge >= 0.3 is 5.97 Å². The van der Waals surface area contributed by atoms with Crippen molar-refractivity contribution in [1.29, 1.82) is 0 Å². The number of hydrogen-bond donors (Lipinski definition) is 0. The highest BCUT2D eigenvalue weighted by Gasteiger charge is 2.59. The molecule has 9 atom stereocenters. The van der Waals surface area contributed by atoms with Gasteiger partial charge in [0.2, 0.25) is 0 Å². The average Bonchev–Trinajstić information content (AvgIpc) is 3.11. The fraction of sp³-hybridized carbons (Fsp3) is 0.903. The largest absolute Gasteiger partial charge is 0.462 e. The summed E-state index contributed by atoms with van der Waals surface area (Å²) >= 11 is 0. The number of fused-ring (bicyclic) bond motifs is 5. The molecule has 3 fully saturated rings. The number of carbonyl (C=O) groups excluding carboxylic acids is 1. The molecule has 0 amide bonds. The van der Waals surface area contributed by atoms with Crippen molar-refractivity contribution < 1.29 is 12.4 Å². The molecule has 0 aromatic heterocycles. The molecule has 0 bridgehead atoms. The third-order valence-corrected chi connectivity index (χ3v) is 11.6. The average molecular weight is 461 g/mol. The highest BCUT2D eigenvalue weighted by molar-refractivity contribution is 5.66. The van der Waals surface area contributed by atoms with Crippen LogP contribution in [0.5, 0.6) is 0 Å². The third kappa shape index (κ3) is 4.58. The fourth-order valence-electron chi connectivity index (χ4n) is 9.63. The van der Waals surface area contributed by atoms with Gasteiger partial charge in [0.15, 0.2) is 0 Å². The molecule has 192 valence electrons. The molecular weight excluding hydrogens is 404 g/mol. The minimum atomic E-state index is -0.115. The van der Waals surface area contributed by atoms with E-state index >= 15 is 0 Å². The molecule has 0 aliphatic heterocycles. The second kappa shape index (κ2) is 9.69. The summed E-state index contributed by atoms with van der Waals surface area (Å²) in [5.41, 5.74) is 2.51. The number of carbonyl (C=O) groups is 1. The van der Waals surface area contributed by atoms with Gasteiger partial charge in [-0.2, -0.15) is 0 Å². The lowest BCUT2D eigenvalue weighted by Crippen LogP contribution is -2.51. The lowest BCUT2D eigenvalue weighted by Gasteiger charge is -2.58. The lowest BCUT2D eigenvalue weighted by molar-refractivity contribution is -0.148. The summed E-state index contributed by atoms with van der Waals surface area (Å²) in [5.74, 6) is 6.03. The first-order chi connectivity index (χ1) is 15.6. The number of rotatable bonds is 7. The Kier molecular flexibility index (Phi) is 7.43. The SMILES string of the molecule is CC[C@H](CC[C@@H](C)[C@H]1CCC2[C@@H]3CC=C4C[C@@H](OC(C)=O)CC[C@]4(C)C3CC[C@@]21C)C(C)C.[HH].[HH]. The van der Waals surface area contributed by atoms with Crippen LogP contribution in [-0.2, 0) is 9.53 Å². The minimum absolute atomic E-state index is 0. The third-order valence-electron chi connectivity index (χ3n) is 11.6. The molecular formula is C31H56O2. The van der Waals surface area contributed by atoms with Gasteiger partial charge in [-0.05, 0) is 104 Å². The Morgan fingerprint density at radius 2 is 1.85 bits per heavy atom. The van der Waals surface area contributed by atoms with Crippen molar-refractivity contribution in [3.8, 4) is 0 Å². The van der Waals surface area contributed by atoms with Gasteiger partial charge in [0.05, 0.1) is 0 Å². The van der Waals surface area contributed by atoms with Crippen molar-refractivity contribution in [1.82, 2.24) is 0 Å². The van der Waals surface area contributed by atoms with Gasteiger partial charge in [-0.15, -0.1) is 0 Å². The zero-order valence-electron chi connectivity index (χ0n) is 22.8. The van der Waals surface area contributed by atoms with Crippen molar-refractivity contribution in [2.45, 2.75) is 125 Å². The van der Waals surface area contributed by atoms with Crippen LogP contribution in [0.4, 0.5) is 0 Å². The first-order valence-electron chi connectivity index (χ1n) is 14.5. The van der Waals surface area contributed by atoms with Crippen molar-refractivity contribution in [2.24, 2.45) is 52.3 Å². The Morgan fingerprint density at radius 3 is 2.52 bits per heavy atom. The highest BCUT2D eigenvalue weighted by Crippen LogP contribution is 2.67. The van der Waals surface area contributed by atoms with Gasteiger partial charge in [0.1, 0.15) is 6.10 Å². The maximum Gasteiger partial charge on any atom is 0.302 e. The van der Waals surface area contributed by atoms with Crippen LogP contribution in [0.15, 0.2) is 11.6 Å².